The molecule has 0 bridgehead atoms. The lowest BCUT2D eigenvalue weighted by atomic mass is 9.88. The highest BCUT2D eigenvalue weighted by molar-refractivity contribution is 5.35. The molecule has 0 spiro atoms. The third-order valence-corrected chi connectivity index (χ3v) is 4.27. The minimum absolute atomic E-state index is 0.517. The van der Waals surface area contributed by atoms with Crippen LogP contribution in [-0.4, -0.2) is 20.2 Å². The quantitative estimate of drug-likeness (QED) is 0.851. The standard InChI is InChI=1S/C16H22N4/c1-12(2)13-8-10-15(11-9-13)20-16(17-18-19-20)14-6-4-3-5-7-14/h8-12,14H,3-7H2,1-2H3. The zero-order valence-electron chi connectivity index (χ0n) is 12.3. The van der Waals surface area contributed by atoms with Crippen molar-refractivity contribution < 1.29 is 0 Å². The molecule has 4 nitrogen and oxygen atoms in total. The molecule has 1 saturated carbocycles. The van der Waals surface area contributed by atoms with E-state index in [1.165, 1.54) is 37.7 Å². The van der Waals surface area contributed by atoms with Gasteiger partial charge in [0.25, 0.3) is 0 Å². The second-order valence-corrected chi connectivity index (χ2v) is 6.03. The van der Waals surface area contributed by atoms with E-state index in [4.69, 9.17) is 0 Å². The molecule has 0 amide bonds. The van der Waals surface area contributed by atoms with E-state index in [1.54, 1.807) is 0 Å². The summed E-state index contributed by atoms with van der Waals surface area (Å²) in [4.78, 5) is 0. The molecule has 0 aliphatic heterocycles. The molecule has 0 saturated heterocycles. The molecule has 106 valence electrons. The van der Waals surface area contributed by atoms with Gasteiger partial charge in [-0.15, -0.1) is 5.10 Å². The van der Waals surface area contributed by atoms with Crippen molar-refractivity contribution in [3.8, 4) is 5.69 Å². The fourth-order valence-corrected chi connectivity index (χ4v) is 2.99. The molecule has 1 heterocycles. The predicted molar refractivity (Wildman–Crippen MR) is 79.1 cm³/mol. The fourth-order valence-electron chi connectivity index (χ4n) is 2.99. The first-order chi connectivity index (χ1) is 9.75. The van der Waals surface area contributed by atoms with Crippen LogP contribution in [0, 0.1) is 0 Å². The second kappa shape index (κ2) is 5.73. The van der Waals surface area contributed by atoms with Crippen LogP contribution in [-0.2, 0) is 0 Å². The SMILES string of the molecule is CC(C)c1ccc(-n2nnnc2C2CCCCC2)cc1. The molecule has 0 radical (unpaired) electrons. The lowest BCUT2D eigenvalue weighted by Gasteiger charge is -2.20. The predicted octanol–water partition coefficient (Wildman–Crippen LogP) is 3.83. The fraction of sp³-hybridized carbons (Fsp3) is 0.562. The minimum atomic E-state index is 0.517. The monoisotopic (exact) mass is 270 g/mol. The van der Waals surface area contributed by atoms with E-state index in [0.29, 0.717) is 11.8 Å². The molecule has 1 aromatic carbocycles. The Morgan fingerprint density at radius 1 is 1.05 bits per heavy atom. The average Bonchev–Trinajstić information content (AvgIpc) is 2.97. The van der Waals surface area contributed by atoms with Crippen LogP contribution in [0.3, 0.4) is 0 Å². The van der Waals surface area contributed by atoms with E-state index in [1.807, 2.05) is 4.68 Å². The van der Waals surface area contributed by atoms with Crippen LogP contribution in [0.4, 0.5) is 0 Å². The Kier molecular flexibility index (Phi) is 3.81. The van der Waals surface area contributed by atoms with Gasteiger partial charge in [0.1, 0.15) is 0 Å². The zero-order chi connectivity index (χ0) is 13.9. The largest absolute Gasteiger partial charge is 0.197 e. The molecule has 1 aliphatic carbocycles. The van der Waals surface area contributed by atoms with Gasteiger partial charge in [0.2, 0.25) is 0 Å². The minimum Gasteiger partial charge on any atom is -0.197 e. The summed E-state index contributed by atoms with van der Waals surface area (Å²) in [6.45, 7) is 4.42. The Morgan fingerprint density at radius 2 is 1.75 bits per heavy atom. The summed E-state index contributed by atoms with van der Waals surface area (Å²) in [5.41, 5.74) is 2.42. The van der Waals surface area contributed by atoms with E-state index >= 15 is 0 Å². The summed E-state index contributed by atoms with van der Waals surface area (Å²) in [5.74, 6) is 2.10. The molecule has 2 aromatic rings. The summed E-state index contributed by atoms with van der Waals surface area (Å²) in [7, 11) is 0. The average molecular weight is 270 g/mol. The Hall–Kier alpha value is -1.71. The summed E-state index contributed by atoms with van der Waals surface area (Å²) >= 11 is 0. The van der Waals surface area contributed by atoms with Gasteiger partial charge in [0.15, 0.2) is 5.82 Å². The number of hydrogen-bond donors (Lipinski definition) is 0. The third-order valence-electron chi connectivity index (χ3n) is 4.27. The van der Waals surface area contributed by atoms with Crippen molar-refractivity contribution in [2.75, 3.05) is 0 Å². The van der Waals surface area contributed by atoms with Gasteiger partial charge in [-0.25, -0.2) is 0 Å². The normalized spacial score (nSPS) is 16.8. The molecule has 20 heavy (non-hydrogen) atoms. The van der Waals surface area contributed by atoms with Crippen LogP contribution in [0.25, 0.3) is 5.69 Å². The maximum atomic E-state index is 4.28. The Labute approximate surface area is 120 Å². The van der Waals surface area contributed by atoms with Crippen molar-refractivity contribution >= 4 is 0 Å². The van der Waals surface area contributed by atoms with Gasteiger partial charge in [-0.2, -0.15) is 4.68 Å². The smallest absolute Gasteiger partial charge is 0.159 e. The van der Waals surface area contributed by atoms with E-state index in [-0.39, 0.29) is 0 Å². The number of tetrazole rings is 1. The van der Waals surface area contributed by atoms with Gasteiger partial charge >= 0.3 is 0 Å². The molecule has 0 unspecified atom stereocenters. The third kappa shape index (κ3) is 2.60. The van der Waals surface area contributed by atoms with Crippen LogP contribution in [0.5, 0.6) is 0 Å². The van der Waals surface area contributed by atoms with Gasteiger partial charge in [-0.1, -0.05) is 45.2 Å². The maximum absolute atomic E-state index is 4.28. The molecule has 1 aliphatic rings. The van der Waals surface area contributed by atoms with E-state index in [9.17, 15) is 0 Å². The zero-order valence-corrected chi connectivity index (χ0v) is 12.3. The number of hydrogen-bond acceptors (Lipinski definition) is 3. The highest BCUT2D eigenvalue weighted by Gasteiger charge is 2.22. The first kappa shape index (κ1) is 13.3. The van der Waals surface area contributed by atoms with Crippen LogP contribution in [0.15, 0.2) is 24.3 Å². The summed E-state index contributed by atoms with van der Waals surface area (Å²) in [6.07, 6.45) is 6.36. The molecule has 1 fully saturated rings. The first-order valence-corrected chi connectivity index (χ1v) is 7.64. The highest BCUT2D eigenvalue weighted by Crippen LogP contribution is 2.32. The van der Waals surface area contributed by atoms with E-state index in [0.717, 1.165) is 11.5 Å². The van der Waals surface area contributed by atoms with Gasteiger partial charge in [0, 0.05) is 5.92 Å². The first-order valence-electron chi connectivity index (χ1n) is 7.64. The highest BCUT2D eigenvalue weighted by atomic mass is 15.5. The van der Waals surface area contributed by atoms with Crippen LogP contribution >= 0.6 is 0 Å². The van der Waals surface area contributed by atoms with Crippen molar-refractivity contribution in [3.05, 3.63) is 35.7 Å². The number of rotatable bonds is 3. The lowest BCUT2D eigenvalue weighted by Crippen LogP contribution is -2.12. The molecule has 1 aromatic heterocycles. The van der Waals surface area contributed by atoms with Gasteiger partial charge in [-0.3, -0.25) is 0 Å². The molecule has 0 N–H and O–H groups in total. The van der Waals surface area contributed by atoms with Gasteiger partial charge in [0.05, 0.1) is 5.69 Å². The molecule has 4 heteroatoms. The molecule has 3 rings (SSSR count). The topological polar surface area (TPSA) is 43.6 Å². The maximum Gasteiger partial charge on any atom is 0.159 e. The van der Waals surface area contributed by atoms with Crippen LogP contribution < -0.4 is 0 Å². The lowest BCUT2D eigenvalue weighted by molar-refractivity contribution is 0.422. The summed E-state index contributed by atoms with van der Waals surface area (Å²) < 4.78 is 1.92. The van der Waals surface area contributed by atoms with E-state index in [2.05, 4.69) is 53.6 Å². The molecular weight excluding hydrogens is 248 g/mol. The second-order valence-electron chi connectivity index (χ2n) is 6.03. The van der Waals surface area contributed by atoms with Crippen LogP contribution in [0.1, 0.15) is 69.2 Å². The van der Waals surface area contributed by atoms with Gasteiger partial charge < -0.3 is 0 Å². The Morgan fingerprint density at radius 3 is 2.40 bits per heavy atom. The number of benzene rings is 1. The van der Waals surface area contributed by atoms with E-state index < -0.39 is 0 Å². The van der Waals surface area contributed by atoms with Crippen molar-refractivity contribution in [2.24, 2.45) is 0 Å². The Bertz CT molecular complexity index is 550. The molecule has 0 atom stereocenters. The summed E-state index contributed by atoms with van der Waals surface area (Å²) in [6, 6.07) is 8.59. The number of nitrogens with zero attached hydrogens (tertiary/aromatic N) is 4. The molecular formula is C16H22N4. The van der Waals surface area contributed by atoms with Crippen molar-refractivity contribution in [1.82, 2.24) is 20.2 Å². The number of aromatic nitrogens is 4. The van der Waals surface area contributed by atoms with Gasteiger partial charge in [-0.05, 0) is 46.9 Å². The van der Waals surface area contributed by atoms with Crippen molar-refractivity contribution in [2.45, 2.75) is 57.8 Å². The van der Waals surface area contributed by atoms with Crippen molar-refractivity contribution in [1.29, 1.82) is 0 Å². The Balaban J connectivity index is 1.88. The summed E-state index contributed by atoms with van der Waals surface area (Å²) in [5, 5.41) is 12.4. The van der Waals surface area contributed by atoms with Crippen LogP contribution in [0.2, 0.25) is 0 Å². The van der Waals surface area contributed by atoms with Crippen molar-refractivity contribution in [3.63, 3.8) is 0 Å².